The average molecular weight is 306 g/mol. The predicted octanol–water partition coefficient (Wildman–Crippen LogP) is 2.12. The van der Waals surface area contributed by atoms with E-state index in [2.05, 4.69) is 15.2 Å². The fourth-order valence-electron chi connectivity index (χ4n) is 2.20. The van der Waals surface area contributed by atoms with Crippen LogP contribution in [0, 0.1) is 0 Å². The minimum absolute atomic E-state index is 0.0866. The summed E-state index contributed by atoms with van der Waals surface area (Å²) in [5.74, 6) is 1.13. The molecule has 1 fully saturated rings. The maximum Gasteiger partial charge on any atom is 0.191 e. The Morgan fingerprint density at radius 3 is 2.95 bits per heavy atom. The summed E-state index contributed by atoms with van der Waals surface area (Å²) in [4.78, 5) is 4.11. The van der Waals surface area contributed by atoms with Crippen LogP contribution in [0.25, 0.3) is 11.4 Å². The van der Waals surface area contributed by atoms with Gasteiger partial charge in [0, 0.05) is 30.8 Å². The van der Waals surface area contributed by atoms with Crippen molar-refractivity contribution < 1.29 is 9.47 Å². The van der Waals surface area contributed by atoms with E-state index < -0.39 is 5.79 Å². The quantitative estimate of drug-likeness (QED) is 0.806. The number of pyridine rings is 1. The summed E-state index contributed by atoms with van der Waals surface area (Å²) < 4.78 is 13.3. The van der Waals surface area contributed by atoms with Crippen LogP contribution in [0.5, 0.6) is 0 Å². The smallest absolute Gasteiger partial charge is 0.191 e. The molecule has 2 aromatic rings. The Labute approximate surface area is 127 Å². The molecule has 3 heterocycles. The maximum absolute atomic E-state index is 5.79. The first-order chi connectivity index (χ1) is 10.1. The highest BCUT2D eigenvalue weighted by Gasteiger charge is 2.32. The van der Waals surface area contributed by atoms with Gasteiger partial charge >= 0.3 is 0 Å². The van der Waals surface area contributed by atoms with Crippen LogP contribution in [0.3, 0.4) is 0 Å². The van der Waals surface area contributed by atoms with Crippen molar-refractivity contribution >= 4 is 11.8 Å². The molecular formula is C14H18N4O2S. The lowest BCUT2D eigenvalue weighted by Crippen LogP contribution is -2.22. The molecule has 2 aromatic heterocycles. The van der Waals surface area contributed by atoms with Gasteiger partial charge in [0.1, 0.15) is 0 Å². The minimum Gasteiger partial charge on any atom is -0.348 e. The zero-order valence-electron chi connectivity index (χ0n) is 12.3. The molecule has 21 heavy (non-hydrogen) atoms. The molecule has 1 saturated heterocycles. The Morgan fingerprint density at radius 2 is 2.29 bits per heavy atom. The van der Waals surface area contributed by atoms with Crippen LogP contribution in [0.15, 0.2) is 29.7 Å². The number of hydrogen-bond donors (Lipinski definition) is 0. The van der Waals surface area contributed by atoms with Gasteiger partial charge in [-0.3, -0.25) is 4.98 Å². The zero-order chi connectivity index (χ0) is 14.9. The number of thioether (sulfide) groups is 1. The van der Waals surface area contributed by atoms with Crippen LogP contribution in [-0.2, 0) is 16.5 Å². The molecule has 3 rings (SSSR count). The highest BCUT2D eigenvalue weighted by atomic mass is 32.2. The van der Waals surface area contributed by atoms with Crippen LogP contribution in [0.4, 0.5) is 0 Å². The van der Waals surface area contributed by atoms with Crippen LogP contribution >= 0.6 is 11.8 Å². The van der Waals surface area contributed by atoms with E-state index in [0.717, 1.165) is 22.3 Å². The first-order valence-corrected chi connectivity index (χ1v) is 7.78. The largest absolute Gasteiger partial charge is 0.348 e. The Bertz CT molecular complexity index is 615. The molecule has 7 heteroatoms. The van der Waals surface area contributed by atoms with Crippen molar-refractivity contribution in [2.75, 3.05) is 12.4 Å². The third-order valence-corrected chi connectivity index (χ3v) is 4.37. The second kappa shape index (κ2) is 5.75. The highest BCUT2D eigenvalue weighted by molar-refractivity contribution is 7.99. The summed E-state index contributed by atoms with van der Waals surface area (Å²) in [6.45, 7) is 4.48. The Hall–Kier alpha value is -1.44. The molecule has 0 spiro atoms. The van der Waals surface area contributed by atoms with Crippen LogP contribution in [0.2, 0.25) is 0 Å². The van der Waals surface area contributed by atoms with Crippen molar-refractivity contribution in [1.82, 2.24) is 19.7 Å². The molecule has 1 aliphatic heterocycles. The molecular weight excluding hydrogens is 288 g/mol. The zero-order valence-corrected chi connectivity index (χ0v) is 13.1. The Balaban J connectivity index is 1.66. The topological polar surface area (TPSA) is 62.1 Å². The first-order valence-electron chi connectivity index (χ1n) is 6.79. The van der Waals surface area contributed by atoms with Gasteiger partial charge < -0.3 is 14.0 Å². The molecule has 0 saturated carbocycles. The maximum atomic E-state index is 5.79. The normalized spacial score (nSPS) is 20.8. The third-order valence-electron chi connectivity index (χ3n) is 3.22. The summed E-state index contributed by atoms with van der Waals surface area (Å²) in [5.41, 5.74) is 0.959. The molecule has 0 radical (unpaired) electrons. The van der Waals surface area contributed by atoms with E-state index >= 15 is 0 Å². The lowest BCUT2D eigenvalue weighted by Gasteiger charge is -2.16. The van der Waals surface area contributed by atoms with Gasteiger partial charge in [0.2, 0.25) is 0 Å². The monoisotopic (exact) mass is 306 g/mol. The average Bonchev–Trinajstić information content (AvgIpc) is 3.00. The molecule has 112 valence electrons. The van der Waals surface area contributed by atoms with E-state index in [9.17, 15) is 0 Å². The Kier molecular flexibility index (Phi) is 3.97. The lowest BCUT2D eigenvalue weighted by molar-refractivity contribution is -0.135. The van der Waals surface area contributed by atoms with E-state index in [1.165, 1.54) is 0 Å². The van der Waals surface area contributed by atoms with Gasteiger partial charge in [0.15, 0.2) is 16.8 Å². The summed E-state index contributed by atoms with van der Waals surface area (Å²) in [6, 6.07) is 3.87. The fraction of sp³-hybridized carbons (Fsp3) is 0.500. The first kappa shape index (κ1) is 14.5. The van der Waals surface area contributed by atoms with Gasteiger partial charge in [0.05, 0.1) is 12.7 Å². The second-order valence-electron chi connectivity index (χ2n) is 5.37. The summed E-state index contributed by atoms with van der Waals surface area (Å²) >= 11 is 1.62. The highest BCUT2D eigenvalue weighted by Crippen LogP contribution is 2.28. The van der Waals surface area contributed by atoms with E-state index in [4.69, 9.17) is 9.47 Å². The summed E-state index contributed by atoms with van der Waals surface area (Å²) in [5, 5.41) is 9.34. The summed E-state index contributed by atoms with van der Waals surface area (Å²) in [6.07, 6.45) is 3.62. The van der Waals surface area contributed by atoms with E-state index in [-0.39, 0.29) is 6.10 Å². The molecule has 0 bridgehead atoms. The van der Waals surface area contributed by atoms with Gasteiger partial charge in [-0.25, -0.2) is 0 Å². The molecule has 0 N–H and O–H groups in total. The van der Waals surface area contributed by atoms with Crippen LogP contribution in [-0.4, -0.2) is 44.0 Å². The van der Waals surface area contributed by atoms with Crippen LogP contribution in [0.1, 0.15) is 13.8 Å². The molecule has 6 nitrogen and oxygen atoms in total. The predicted molar refractivity (Wildman–Crippen MR) is 79.9 cm³/mol. The summed E-state index contributed by atoms with van der Waals surface area (Å²) in [7, 11) is 1.96. The van der Waals surface area contributed by atoms with Crippen molar-refractivity contribution in [3.8, 4) is 11.4 Å². The second-order valence-corrected chi connectivity index (χ2v) is 6.36. The standard InChI is InChI=1S/C14H18N4O2S/c1-14(2)19-8-11(20-14)9-21-13-17-16-12(18(13)3)10-5-4-6-15-7-10/h4-7,11H,8-9H2,1-3H3. The SMILES string of the molecule is Cn1c(SCC2COC(C)(C)O2)nnc1-c1cccnc1. The van der Waals surface area contributed by atoms with Gasteiger partial charge in [-0.05, 0) is 26.0 Å². The third kappa shape index (κ3) is 3.25. The van der Waals surface area contributed by atoms with Gasteiger partial charge in [-0.2, -0.15) is 0 Å². The Morgan fingerprint density at radius 1 is 1.43 bits per heavy atom. The van der Waals surface area contributed by atoms with Gasteiger partial charge in [-0.15, -0.1) is 10.2 Å². The van der Waals surface area contributed by atoms with Crippen molar-refractivity contribution in [2.24, 2.45) is 7.05 Å². The van der Waals surface area contributed by atoms with E-state index in [1.807, 2.05) is 37.6 Å². The molecule has 0 amide bonds. The van der Waals surface area contributed by atoms with Crippen molar-refractivity contribution in [3.63, 3.8) is 0 Å². The van der Waals surface area contributed by atoms with Crippen LogP contribution < -0.4 is 0 Å². The van der Waals surface area contributed by atoms with Gasteiger partial charge in [0.25, 0.3) is 0 Å². The number of ether oxygens (including phenoxy) is 2. The van der Waals surface area contributed by atoms with E-state index in [1.54, 1.807) is 24.2 Å². The molecule has 0 aromatic carbocycles. The molecule has 1 aliphatic rings. The lowest BCUT2D eigenvalue weighted by atomic mass is 10.3. The van der Waals surface area contributed by atoms with Gasteiger partial charge in [-0.1, -0.05) is 11.8 Å². The molecule has 1 atom stereocenters. The molecule has 0 aliphatic carbocycles. The minimum atomic E-state index is -0.480. The van der Waals surface area contributed by atoms with Crippen molar-refractivity contribution in [3.05, 3.63) is 24.5 Å². The molecule has 1 unspecified atom stereocenters. The fourth-order valence-corrected chi connectivity index (χ4v) is 3.08. The van der Waals surface area contributed by atoms with E-state index in [0.29, 0.717) is 6.61 Å². The van der Waals surface area contributed by atoms with Crippen molar-refractivity contribution in [2.45, 2.75) is 30.9 Å². The van der Waals surface area contributed by atoms with Crippen molar-refractivity contribution in [1.29, 1.82) is 0 Å². The number of hydrogen-bond acceptors (Lipinski definition) is 6. The number of rotatable bonds is 4. The number of aromatic nitrogens is 4. The number of nitrogens with zero attached hydrogens (tertiary/aromatic N) is 4.